The fourth-order valence-corrected chi connectivity index (χ4v) is 1.29. The van der Waals surface area contributed by atoms with Crippen molar-refractivity contribution < 1.29 is 4.79 Å². The predicted molar refractivity (Wildman–Crippen MR) is 51.5 cm³/mol. The summed E-state index contributed by atoms with van der Waals surface area (Å²) in [7, 11) is 1.75. The molecule has 0 amide bonds. The number of carbonyl (C=O) groups excluding carboxylic acids is 1. The minimum Gasteiger partial charge on any atom is -0.293 e. The van der Waals surface area contributed by atoms with E-state index < -0.39 is 5.92 Å². The van der Waals surface area contributed by atoms with Crippen LogP contribution in [0.15, 0.2) is 12.4 Å². The van der Waals surface area contributed by atoms with Crippen LogP contribution in [0.2, 0.25) is 0 Å². The van der Waals surface area contributed by atoms with E-state index in [1.165, 1.54) is 6.20 Å². The number of rotatable bonds is 4. The summed E-state index contributed by atoms with van der Waals surface area (Å²) < 4.78 is 1.56. The zero-order chi connectivity index (χ0) is 10.6. The first-order valence-corrected chi connectivity index (χ1v) is 4.61. The topological polar surface area (TPSA) is 58.7 Å². The molecule has 14 heavy (non-hydrogen) atoms. The molecule has 0 radical (unpaired) electrons. The van der Waals surface area contributed by atoms with Crippen LogP contribution < -0.4 is 0 Å². The molecule has 1 aromatic rings. The molecule has 0 saturated carbocycles. The third kappa shape index (κ3) is 2.19. The molecule has 0 spiro atoms. The lowest BCUT2D eigenvalue weighted by molar-refractivity contribution is 0.0943. The molecule has 0 N–H and O–H groups in total. The van der Waals surface area contributed by atoms with Gasteiger partial charge in [-0.25, -0.2) is 0 Å². The first-order valence-electron chi connectivity index (χ1n) is 4.61. The van der Waals surface area contributed by atoms with Gasteiger partial charge in [0.15, 0.2) is 5.78 Å². The molecule has 0 bridgehead atoms. The molecule has 4 heteroatoms. The summed E-state index contributed by atoms with van der Waals surface area (Å²) >= 11 is 0. The second-order valence-corrected chi connectivity index (χ2v) is 3.24. The van der Waals surface area contributed by atoms with Crippen LogP contribution >= 0.6 is 0 Å². The third-order valence-corrected chi connectivity index (χ3v) is 2.04. The standard InChI is InChI=1S/C10H13N3O/c1-3-4-8(5-11)10(14)9-6-12-13(2)7-9/h6-8H,3-4H2,1-2H3. The van der Waals surface area contributed by atoms with Gasteiger partial charge in [-0.3, -0.25) is 9.48 Å². The predicted octanol–water partition coefficient (Wildman–Crippen LogP) is 1.54. The van der Waals surface area contributed by atoms with Crippen molar-refractivity contribution in [1.82, 2.24) is 9.78 Å². The van der Waals surface area contributed by atoms with Crippen molar-refractivity contribution in [2.45, 2.75) is 19.8 Å². The summed E-state index contributed by atoms with van der Waals surface area (Å²) in [5.41, 5.74) is 0.521. The average Bonchev–Trinajstić information content (AvgIpc) is 2.60. The van der Waals surface area contributed by atoms with E-state index in [2.05, 4.69) is 5.10 Å². The average molecular weight is 191 g/mol. The van der Waals surface area contributed by atoms with Gasteiger partial charge in [0.2, 0.25) is 0 Å². The molecule has 74 valence electrons. The molecule has 0 aromatic carbocycles. The summed E-state index contributed by atoms with van der Waals surface area (Å²) in [5.74, 6) is -0.647. The summed E-state index contributed by atoms with van der Waals surface area (Å²) in [4.78, 5) is 11.7. The molecule has 0 saturated heterocycles. The maximum Gasteiger partial charge on any atom is 0.183 e. The van der Waals surface area contributed by atoms with Gasteiger partial charge >= 0.3 is 0 Å². The molecule has 0 aliphatic carbocycles. The lowest BCUT2D eigenvalue weighted by Crippen LogP contribution is -2.11. The molecule has 4 nitrogen and oxygen atoms in total. The van der Waals surface area contributed by atoms with Gasteiger partial charge in [0, 0.05) is 13.2 Å². The van der Waals surface area contributed by atoms with E-state index in [-0.39, 0.29) is 5.78 Å². The second-order valence-electron chi connectivity index (χ2n) is 3.24. The van der Waals surface area contributed by atoms with Gasteiger partial charge in [0.1, 0.15) is 5.92 Å². The van der Waals surface area contributed by atoms with Crippen molar-refractivity contribution in [3.8, 4) is 6.07 Å². The highest BCUT2D eigenvalue weighted by molar-refractivity contribution is 5.98. The number of aromatic nitrogens is 2. The second kappa shape index (κ2) is 4.56. The van der Waals surface area contributed by atoms with E-state index in [4.69, 9.17) is 5.26 Å². The molecule has 0 aliphatic rings. The van der Waals surface area contributed by atoms with Gasteiger partial charge in [-0.15, -0.1) is 0 Å². The lowest BCUT2D eigenvalue weighted by atomic mass is 9.97. The number of carbonyl (C=O) groups is 1. The van der Waals surface area contributed by atoms with E-state index in [9.17, 15) is 4.79 Å². The quantitative estimate of drug-likeness (QED) is 0.678. The van der Waals surface area contributed by atoms with E-state index >= 15 is 0 Å². The van der Waals surface area contributed by atoms with Crippen LogP contribution in [0.4, 0.5) is 0 Å². The van der Waals surface area contributed by atoms with Gasteiger partial charge in [-0.1, -0.05) is 13.3 Å². The largest absolute Gasteiger partial charge is 0.293 e. The smallest absolute Gasteiger partial charge is 0.183 e. The first-order chi connectivity index (χ1) is 6.69. The van der Waals surface area contributed by atoms with E-state index in [0.717, 1.165) is 6.42 Å². The minimum atomic E-state index is -0.524. The zero-order valence-electron chi connectivity index (χ0n) is 8.40. The van der Waals surface area contributed by atoms with Gasteiger partial charge in [0.05, 0.1) is 17.8 Å². The lowest BCUT2D eigenvalue weighted by Gasteiger charge is -2.03. The Labute approximate surface area is 83.1 Å². The van der Waals surface area contributed by atoms with Gasteiger partial charge in [-0.05, 0) is 6.42 Å². The summed E-state index contributed by atoms with van der Waals surface area (Å²) in [6, 6.07) is 2.02. The van der Waals surface area contributed by atoms with E-state index in [1.807, 2.05) is 13.0 Å². The first kappa shape index (κ1) is 10.5. The van der Waals surface area contributed by atoms with Crippen molar-refractivity contribution in [3.05, 3.63) is 18.0 Å². The highest BCUT2D eigenvalue weighted by atomic mass is 16.1. The van der Waals surface area contributed by atoms with Crippen LogP contribution in [-0.2, 0) is 7.05 Å². The Morgan fingerprint density at radius 2 is 2.50 bits per heavy atom. The van der Waals surface area contributed by atoms with Gasteiger partial charge < -0.3 is 0 Å². The van der Waals surface area contributed by atoms with Crippen molar-refractivity contribution >= 4 is 5.78 Å². The Bertz CT molecular complexity index is 362. The molecule has 0 aliphatic heterocycles. The Morgan fingerprint density at radius 1 is 1.79 bits per heavy atom. The summed E-state index contributed by atoms with van der Waals surface area (Å²) in [6.07, 6.45) is 4.60. The fourth-order valence-electron chi connectivity index (χ4n) is 1.29. The highest BCUT2D eigenvalue weighted by Gasteiger charge is 2.19. The number of aryl methyl sites for hydroxylation is 1. The van der Waals surface area contributed by atoms with Crippen molar-refractivity contribution in [1.29, 1.82) is 5.26 Å². The van der Waals surface area contributed by atoms with Gasteiger partial charge in [0.25, 0.3) is 0 Å². The monoisotopic (exact) mass is 191 g/mol. The van der Waals surface area contributed by atoms with Crippen LogP contribution in [-0.4, -0.2) is 15.6 Å². The normalized spacial score (nSPS) is 12.1. The van der Waals surface area contributed by atoms with Crippen LogP contribution in [0.1, 0.15) is 30.1 Å². The van der Waals surface area contributed by atoms with Crippen LogP contribution in [0.5, 0.6) is 0 Å². The molecule has 1 unspecified atom stereocenters. The van der Waals surface area contributed by atoms with E-state index in [0.29, 0.717) is 12.0 Å². The number of hydrogen-bond acceptors (Lipinski definition) is 3. The number of ketones is 1. The van der Waals surface area contributed by atoms with E-state index in [1.54, 1.807) is 17.9 Å². The Morgan fingerprint density at radius 3 is 2.93 bits per heavy atom. The number of nitriles is 1. The highest BCUT2D eigenvalue weighted by Crippen LogP contribution is 2.12. The Hall–Kier alpha value is -1.63. The number of nitrogens with zero attached hydrogens (tertiary/aromatic N) is 3. The summed E-state index contributed by atoms with van der Waals surface area (Å²) in [5, 5.41) is 12.7. The molecule has 1 atom stereocenters. The molecular formula is C10H13N3O. The van der Waals surface area contributed by atoms with Crippen LogP contribution in [0, 0.1) is 17.2 Å². The van der Waals surface area contributed by atoms with Crippen molar-refractivity contribution in [2.75, 3.05) is 0 Å². The van der Waals surface area contributed by atoms with Crippen molar-refractivity contribution in [2.24, 2.45) is 13.0 Å². The van der Waals surface area contributed by atoms with Crippen LogP contribution in [0.25, 0.3) is 0 Å². The Balaban J connectivity index is 2.79. The maximum absolute atomic E-state index is 11.7. The molecular weight excluding hydrogens is 178 g/mol. The molecule has 1 heterocycles. The molecule has 1 aromatic heterocycles. The molecule has 0 fully saturated rings. The summed E-state index contributed by atoms with van der Waals surface area (Å²) in [6.45, 7) is 1.96. The van der Waals surface area contributed by atoms with Crippen LogP contribution in [0.3, 0.4) is 0 Å². The Kier molecular flexibility index (Phi) is 3.41. The number of hydrogen-bond donors (Lipinski definition) is 0. The van der Waals surface area contributed by atoms with Crippen molar-refractivity contribution in [3.63, 3.8) is 0 Å². The zero-order valence-corrected chi connectivity index (χ0v) is 8.40. The third-order valence-electron chi connectivity index (χ3n) is 2.04. The SMILES string of the molecule is CCCC(C#N)C(=O)c1cnn(C)c1. The molecule has 1 rings (SSSR count). The minimum absolute atomic E-state index is 0.123. The maximum atomic E-state index is 11.7. The fraction of sp³-hybridized carbons (Fsp3) is 0.500. The van der Waals surface area contributed by atoms with Gasteiger partial charge in [-0.2, -0.15) is 10.4 Å². The number of Topliss-reactive ketones (excluding diaryl/α,β-unsaturated/α-hetero) is 1.